The number of fused-ring (bicyclic) bond motifs is 1. The molecule has 0 atom stereocenters. The number of carbonyl (C=O) groups excluding carboxylic acids is 1. The number of nitrogens with zero attached hydrogens (tertiary/aromatic N) is 1. The number of nitrogen functional groups attached to an aromatic ring is 1. The fourth-order valence-electron chi connectivity index (χ4n) is 2.02. The molecule has 1 amide bonds. The van der Waals surface area contributed by atoms with Crippen molar-refractivity contribution < 1.29 is 9.32 Å². The van der Waals surface area contributed by atoms with Crippen LogP contribution in [-0.4, -0.2) is 11.1 Å². The highest BCUT2D eigenvalue weighted by atomic mass is 16.5. The molecule has 0 unspecified atom stereocenters. The monoisotopic (exact) mass is 267 g/mol. The summed E-state index contributed by atoms with van der Waals surface area (Å²) in [6, 6.07) is 14.6. The van der Waals surface area contributed by atoms with Crippen LogP contribution in [0.15, 0.2) is 53.1 Å². The fourth-order valence-corrected chi connectivity index (χ4v) is 2.02. The lowest BCUT2D eigenvalue weighted by atomic mass is 10.1. The van der Waals surface area contributed by atoms with E-state index >= 15 is 0 Å². The van der Waals surface area contributed by atoms with E-state index in [0.29, 0.717) is 22.7 Å². The molecule has 3 aromatic rings. The molecule has 2 aromatic carbocycles. The van der Waals surface area contributed by atoms with Crippen LogP contribution in [0, 0.1) is 0 Å². The number of amides is 1. The molecule has 5 nitrogen and oxygen atoms in total. The van der Waals surface area contributed by atoms with Crippen LogP contribution < -0.4 is 11.1 Å². The van der Waals surface area contributed by atoms with E-state index in [1.807, 2.05) is 36.4 Å². The van der Waals surface area contributed by atoms with Gasteiger partial charge < -0.3 is 15.6 Å². The number of hydrogen-bond acceptors (Lipinski definition) is 4. The smallest absolute Gasteiger partial charge is 0.230 e. The highest BCUT2D eigenvalue weighted by molar-refractivity contribution is 5.96. The summed E-state index contributed by atoms with van der Waals surface area (Å²) in [5.74, 6) is -0.179. The predicted molar refractivity (Wildman–Crippen MR) is 77.2 cm³/mol. The van der Waals surface area contributed by atoms with Gasteiger partial charge in [0.25, 0.3) is 0 Å². The van der Waals surface area contributed by atoms with Gasteiger partial charge in [-0.2, -0.15) is 0 Å². The number of para-hydroxylation sites is 3. The van der Waals surface area contributed by atoms with Crippen molar-refractivity contribution in [3.63, 3.8) is 0 Å². The topological polar surface area (TPSA) is 81.1 Å². The molecule has 0 aliphatic rings. The van der Waals surface area contributed by atoms with Crippen molar-refractivity contribution in [2.75, 3.05) is 11.1 Å². The Labute approximate surface area is 115 Å². The minimum atomic E-state index is -0.179. The Kier molecular flexibility index (Phi) is 3.09. The van der Waals surface area contributed by atoms with Gasteiger partial charge >= 0.3 is 0 Å². The number of benzene rings is 2. The number of aromatic nitrogens is 1. The molecule has 0 fully saturated rings. The summed E-state index contributed by atoms with van der Waals surface area (Å²) in [6.45, 7) is 0. The molecule has 0 spiro atoms. The van der Waals surface area contributed by atoms with Gasteiger partial charge in [0, 0.05) is 5.39 Å². The minimum absolute atomic E-state index is 0.144. The van der Waals surface area contributed by atoms with Gasteiger partial charge in [-0.05, 0) is 24.3 Å². The summed E-state index contributed by atoms with van der Waals surface area (Å²) in [7, 11) is 0. The number of rotatable bonds is 3. The molecule has 20 heavy (non-hydrogen) atoms. The molecule has 0 aliphatic heterocycles. The van der Waals surface area contributed by atoms with E-state index in [1.165, 1.54) is 0 Å². The molecule has 100 valence electrons. The quantitative estimate of drug-likeness (QED) is 0.715. The van der Waals surface area contributed by atoms with Gasteiger partial charge in [-0.15, -0.1) is 0 Å². The third kappa shape index (κ3) is 2.33. The van der Waals surface area contributed by atoms with Crippen molar-refractivity contribution in [1.82, 2.24) is 5.16 Å². The minimum Gasteiger partial charge on any atom is -0.397 e. The molecular weight excluding hydrogens is 254 g/mol. The first-order valence-electron chi connectivity index (χ1n) is 6.21. The molecular formula is C15H13N3O2. The molecule has 0 radical (unpaired) electrons. The Morgan fingerprint density at radius 1 is 1.15 bits per heavy atom. The molecule has 0 saturated carbocycles. The predicted octanol–water partition coefficient (Wildman–Crippen LogP) is 2.59. The maximum atomic E-state index is 12.0. The van der Waals surface area contributed by atoms with Gasteiger partial charge in [0.1, 0.15) is 5.69 Å². The summed E-state index contributed by atoms with van der Waals surface area (Å²) in [4.78, 5) is 12.0. The van der Waals surface area contributed by atoms with E-state index in [-0.39, 0.29) is 12.3 Å². The van der Waals surface area contributed by atoms with Crippen molar-refractivity contribution >= 4 is 28.3 Å². The van der Waals surface area contributed by atoms with Crippen LogP contribution in [0.25, 0.3) is 11.0 Å². The maximum Gasteiger partial charge on any atom is 0.230 e. The average Bonchev–Trinajstić information content (AvgIpc) is 2.85. The summed E-state index contributed by atoms with van der Waals surface area (Å²) in [5.41, 5.74) is 8.21. The standard InChI is InChI=1S/C15H13N3O2/c16-11-6-2-3-7-12(11)17-15(19)9-13-10-5-1-4-8-14(10)20-18-13/h1-8H,9,16H2,(H,17,19). The highest BCUT2D eigenvalue weighted by Crippen LogP contribution is 2.20. The number of hydrogen-bond donors (Lipinski definition) is 2. The van der Waals surface area contributed by atoms with Gasteiger partial charge in [0.15, 0.2) is 5.58 Å². The second-order valence-electron chi connectivity index (χ2n) is 4.44. The van der Waals surface area contributed by atoms with Gasteiger partial charge in [0.2, 0.25) is 5.91 Å². The normalized spacial score (nSPS) is 10.6. The van der Waals surface area contributed by atoms with E-state index in [9.17, 15) is 4.79 Å². The Morgan fingerprint density at radius 3 is 2.75 bits per heavy atom. The summed E-state index contributed by atoms with van der Waals surface area (Å²) >= 11 is 0. The van der Waals surface area contributed by atoms with Crippen LogP contribution in [0.4, 0.5) is 11.4 Å². The van der Waals surface area contributed by atoms with Gasteiger partial charge in [-0.1, -0.05) is 29.4 Å². The first-order chi connectivity index (χ1) is 9.74. The zero-order valence-electron chi connectivity index (χ0n) is 10.7. The van der Waals surface area contributed by atoms with E-state index in [2.05, 4.69) is 10.5 Å². The second-order valence-corrected chi connectivity index (χ2v) is 4.44. The number of carbonyl (C=O) groups is 1. The van der Waals surface area contributed by atoms with Crippen LogP contribution in [0.5, 0.6) is 0 Å². The van der Waals surface area contributed by atoms with Crippen LogP contribution in [0.3, 0.4) is 0 Å². The van der Waals surface area contributed by atoms with Crippen molar-refractivity contribution in [2.45, 2.75) is 6.42 Å². The van der Waals surface area contributed by atoms with Crippen LogP contribution >= 0.6 is 0 Å². The Bertz CT molecular complexity index is 764. The van der Waals surface area contributed by atoms with Crippen molar-refractivity contribution in [1.29, 1.82) is 0 Å². The van der Waals surface area contributed by atoms with E-state index < -0.39 is 0 Å². The fraction of sp³-hybridized carbons (Fsp3) is 0.0667. The second kappa shape index (κ2) is 5.05. The molecule has 0 aliphatic carbocycles. The maximum absolute atomic E-state index is 12.0. The number of anilines is 2. The lowest BCUT2D eigenvalue weighted by Crippen LogP contribution is -2.15. The Hall–Kier alpha value is -2.82. The first-order valence-corrected chi connectivity index (χ1v) is 6.21. The number of nitrogens with two attached hydrogens (primary N) is 1. The highest BCUT2D eigenvalue weighted by Gasteiger charge is 2.12. The van der Waals surface area contributed by atoms with E-state index in [4.69, 9.17) is 10.3 Å². The van der Waals surface area contributed by atoms with E-state index in [1.54, 1.807) is 12.1 Å². The average molecular weight is 267 g/mol. The van der Waals surface area contributed by atoms with Crippen molar-refractivity contribution in [3.8, 4) is 0 Å². The molecule has 3 N–H and O–H groups in total. The molecule has 5 heteroatoms. The zero-order valence-corrected chi connectivity index (χ0v) is 10.7. The molecule has 3 rings (SSSR count). The van der Waals surface area contributed by atoms with Crippen molar-refractivity contribution in [3.05, 3.63) is 54.2 Å². The van der Waals surface area contributed by atoms with Crippen molar-refractivity contribution in [2.24, 2.45) is 0 Å². The molecule has 1 aromatic heterocycles. The van der Waals surface area contributed by atoms with Crippen LogP contribution in [-0.2, 0) is 11.2 Å². The Balaban J connectivity index is 1.78. The first kappa shape index (κ1) is 12.2. The summed E-state index contributed by atoms with van der Waals surface area (Å²) in [6.07, 6.45) is 0.144. The van der Waals surface area contributed by atoms with Crippen LogP contribution in [0.1, 0.15) is 5.69 Å². The van der Waals surface area contributed by atoms with Crippen LogP contribution in [0.2, 0.25) is 0 Å². The molecule has 0 saturated heterocycles. The summed E-state index contributed by atoms with van der Waals surface area (Å²) < 4.78 is 5.17. The SMILES string of the molecule is Nc1ccccc1NC(=O)Cc1noc2ccccc12. The third-order valence-corrected chi connectivity index (χ3v) is 3.02. The lowest BCUT2D eigenvalue weighted by Gasteiger charge is -2.06. The number of nitrogens with one attached hydrogen (secondary N) is 1. The third-order valence-electron chi connectivity index (χ3n) is 3.02. The Morgan fingerprint density at radius 2 is 1.90 bits per heavy atom. The van der Waals surface area contributed by atoms with E-state index in [0.717, 1.165) is 5.39 Å². The van der Waals surface area contributed by atoms with Gasteiger partial charge in [-0.3, -0.25) is 4.79 Å². The summed E-state index contributed by atoms with van der Waals surface area (Å²) in [5, 5.41) is 7.55. The van der Waals surface area contributed by atoms with Gasteiger partial charge in [-0.25, -0.2) is 0 Å². The van der Waals surface area contributed by atoms with Gasteiger partial charge in [0.05, 0.1) is 17.8 Å². The zero-order chi connectivity index (χ0) is 13.9. The molecule has 0 bridgehead atoms. The largest absolute Gasteiger partial charge is 0.397 e. The molecule has 1 heterocycles. The lowest BCUT2D eigenvalue weighted by molar-refractivity contribution is -0.115.